The van der Waals surface area contributed by atoms with E-state index in [9.17, 15) is 9.59 Å². The quantitative estimate of drug-likeness (QED) is 0.658. The highest BCUT2D eigenvalue weighted by molar-refractivity contribution is 6.31. The lowest BCUT2D eigenvalue weighted by Gasteiger charge is -2.26. The molecule has 1 N–H and O–H groups in total. The Balaban J connectivity index is 1.82. The van der Waals surface area contributed by atoms with Gasteiger partial charge in [0, 0.05) is 28.1 Å². The normalized spacial score (nSPS) is 18.3. The first-order valence-electron chi connectivity index (χ1n) is 9.09. The van der Waals surface area contributed by atoms with Gasteiger partial charge in [-0.25, -0.2) is 9.80 Å². The molecule has 1 unspecified atom stereocenters. The van der Waals surface area contributed by atoms with E-state index < -0.39 is 5.41 Å². The third-order valence-electron chi connectivity index (χ3n) is 4.70. The molecule has 0 saturated carbocycles. The third-order valence-corrected chi connectivity index (χ3v) is 5.20. The summed E-state index contributed by atoms with van der Waals surface area (Å²) in [5, 5.41) is 10.0. The number of hydrazone groups is 1. The van der Waals surface area contributed by atoms with E-state index in [2.05, 4.69) is 10.4 Å². The average Bonchev–Trinajstić information content (AvgIpc) is 3.02. The van der Waals surface area contributed by atoms with Gasteiger partial charge in [0.2, 0.25) is 0 Å². The summed E-state index contributed by atoms with van der Waals surface area (Å²) in [4.78, 5) is 23.9. The standard InChI is InChI=1S/C21H21Cl2N3O3/c1-14(27)29-12-11-21(2)13-26(20(28)24-18-9-7-17(23)8-10-18)25-19(21)15-3-5-16(22)6-4-15/h3-10H,11-13H2,1-2H3,(H,24,28). The Labute approximate surface area is 179 Å². The molecule has 0 fully saturated rings. The Kier molecular flexibility index (Phi) is 6.45. The fourth-order valence-electron chi connectivity index (χ4n) is 3.15. The number of urea groups is 1. The Hall–Kier alpha value is -2.57. The van der Waals surface area contributed by atoms with Gasteiger partial charge in [-0.2, -0.15) is 5.10 Å². The Morgan fingerprint density at radius 3 is 2.28 bits per heavy atom. The molecule has 1 atom stereocenters. The Morgan fingerprint density at radius 1 is 1.10 bits per heavy atom. The summed E-state index contributed by atoms with van der Waals surface area (Å²) in [6.45, 7) is 3.97. The van der Waals surface area contributed by atoms with Crippen molar-refractivity contribution in [2.75, 3.05) is 18.5 Å². The fourth-order valence-corrected chi connectivity index (χ4v) is 3.40. The minimum Gasteiger partial charge on any atom is -0.466 e. The summed E-state index contributed by atoms with van der Waals surface area (Å²) >= 11 is 11.9. The number of anilines is 1. The average molecular weight is 434 g/mol. The molecular formula is C21H21Cl2N3O3. The molecule has 152 valence electrons. The number of carbonyl (C=O) groups excluding carboxylic acids is 2. The molecule has 29 heavy (non-hydrogen) atoms. The van der Waals surface area contributed by atoms with Crippen molar-refractivity contribution in [1.82, 2.24) is 5.01 Å². The predicted octanol–water partition coefficient (Wildman–Crippen LogP) is 5.20. The number of esters is 1. The highest BCUT2D eigenvalue weighted by atomic mass is 35.5. The monoisotopic (exact) mass is 433 g/mol. The summed E-state index contributed by atoms with van der Waals surface area (Å²) in [5.41, 5.74) is 1.74. The van der Waals surface area contributed by atoms with Crippen LogP contribution in [0.15, 0.2) is 53.6 Å². The lowest BCUT2D eigenvalue weighted by atomic mass is 9.79. The largest absolute Gasteiger partial charge is 0.466 e. The molecule has 0 spiro atoms. The molecule has 3 rings (SSSR count). The smallest absolute Gasteiger partial charge is 0.342 e. The fraction of sp³-hybridized carbons (Fsp3) is 0.286. The molecular weight excluding hydrogens is 413 g/mol. The second-order valence-electron chi connectivity index (χ2n) is 7.10. The lowest BCUT2D eigenvalue weighted by Crippen LogP contribution is -2.36. The maximum atomic E-state index is 12.8. The number of amides is 2. The first kappa shape index (κ1) is 21.1. The van der Waals surface area contributed by atoms with Crippen molar-refractivity contribution in [2.24, 2.45) is 10.5 Å². The van der Waals surface area contributed by atoms with Gasteiger partial charge in [-0.15, -0.1) is 0 Å². The molecule has 0 bridgehead atoms. The van der Waals surface area contributed by atoms with Gasteiger partial charge in [0.25, 0.3) is 0 Å². The van der Waals surface area contributed by atoms with E-state index in [-0.39, 0.29) is 18.6 Å². The maximum absolute atomic E-state index is 12.8. The van der Waals surface area contributed by atoms with E-state index in [0.29, 0.717) is 28.7 Å². The number of carbonyl (C=O) groups is 2. The minimum absolute atomic E-state index is 0.241. The van der Waals surface area contributed by atoms with E-state index in [1.165, 1.54) is 11.9 Å². The van der Waals surface area contributed by atoms with Gasteiger partial charge in [0.05, 0.1) is 18.9 Å². The molecule has 1 aliphatic rings. The van der Waals surface area contributed by atoms with E-state index in [4.69, 9.17) is 27.9 Å². The van der Waals surface area contributed by atoms with Crippen molar-refractivity contribution in [3.05, 3.63) is 64.1 Å². The van der Waals surface area contributed by atoms with Crippen LogP contribution in [0, 0.1) is 5.41 Å². The number of hydrogen-bond acceptors (Lipinski definition) is 4. The zero-order valence-corrected chi connectivity index (χ0v) is 17.6. The molecule has 0 radical (unpaired) electrons. The first-order chi connectivity index (χ1) is 13.8. The topological polar surface area (TPSA) is 71.0 Å². The van der Waals surface area contributed by atoms with Gasteiger partial charge in [0.15, 0.2) is 0 Å². The van der Waals surface area contributed by atoms with Crippen molar-refractivity contribution in [3.8, 4) is 0 Å². The molecule has 0 saturated heterocycles. The molecule has 2 aromatic rings. The Morgan fingerprint density at radius 2 is 1.69 bits per heavy atom. The molecule has 2 amide bonds. The van der Waals surface area contributed by atoms with Crippen LogP contribution in [-0.2, 0) is 9.53 Å². The van der Waals surface area contributed by atoms with E-state index >= 15 is 0 Å². The van der Waals surface area contributed by atoms with Gasteiger partial charge in [-0.05, 0) is 48.4 Å². The first-order valence-corrected chi connectivity index (χ1v) is 9.85. The van der Waals surface area contributed by atoms with Crippen LogP contribution in [0.5, 0.6) is 0 Å². The number of halogens is 2. The molecule has 2 aromatic carbocycles. The van der Waals surface area contributed by atoms with Crippen molar-refractivity contribution in [3.63, 3.8) is 0 Å². The molecule has 0 aliphatic carbocycles. The number of rotatable bonds is 5. The van der Waals surface area contributed by atoms with Crippen LogP contribution in [0.3, 0.4) is 0 Å². The van der Waals surface area contributed by atoms with Crippen LogP contribution in [-0.4, -0.2) is 35.9 Å². The van der Waals surface area contributed by atoms with Crippen molar-refractivity contribution < 1.29 is 14.3 Å². The molecule has 0 aromatic heterocycles. The summed E-state index contributed by atoms with van der Waals surface area (Å²) in [6, 6.07) is 13.8. The molecule has 6 nitrogen and oxygen atoms in total. The third kappa shape index (κ3) is 5.28. The van der Waals surface area contributed by atoms with Gasteiger partial charge >= 0.3 is 12.0 Å². The van der Waals surface area contributed by atoms with Gasteiger partial charge in [-0.3, -0.25) is 4.79 Å². The van der Waals surface area contributed by atoms with E-state index in [1.807, 2.05) is 19.1 Å². The number of nitrogens with zero attached hydrogens (tertiary/aromatic N) is 2. The van der Waals surface area contributed by atoms with Gasteiger partial charge in [0.1, 0.15) is 0 Å². The van der Waals surface area contributed by atoms with Crippen LogP contribution in [0.4, 0.5) is 10.5 Å². The van der Waals surface area contributed by atoms with Crippen LogP contribution in [0.1, 0.15) is 25.8 Å². The van der Waals surface area contributed by atoms with Crippen LogP contribution in [0.25, 0.3) is 0 Å². The molecule has 8 heteroatoms. The number of hydrogen-bond donors (Lipinski definition) is 1. The maximum Gasteiger partial charge on any atom is 0.342 e. The van der Waals surface area contributed by atoms with Gasteiger partial charge < -0.3 is 10.1 Å². The van der Waals surface area contributed by atoms with Crippen molar-refractivity contribution in [2.45, 2.75) is 20.3 Å². The lowest BCUT2D eigenvalue weighted by molar-refractivity contribution is -0.141. The van der Waals surface area contributed by atoms with Gasteiger partial charge in [-0.1, -0.05) is 42.3 Å². The summed E-state index contributed by atoms with van der Waals surface area (Å²) < 4.78 is 5.13. The number of ether oxygens (including phenoxy) is 1. The summed E-state index contributed by atoms with van der Waals surface area (Å²) in [7, 11) is 0. The summed E-state index contributed by atoms with van der Waals surface area (Å²) in [6.07, 6.45) is 0.527. The predicted molar refractivity (Wildman–Crippen MR) is 115 cm³/mol. The number of benzene rings is 2. The van der Waals surface area contributed by atoms with Crippen LogP contribution >= 0.6 is 23.2 Å². The van der Waals surface area contributed by atoms with Crippen molar-refractivity contribution in [1.29, 1.82) is 0 Å². The Bertz CT molecular complexity index is 929. The van der Waals surface area contributed by atoms with E-state index in [1.54, 1.807) is 36.4 Å². The zero-order chi connectivity index (χ0) is 21.0. The van der Waals surface area contributed by atoms with E-state index in [0.717, 1.165) is 11.3 Å². The highest BCUT2D eigenvalue weighted by Gasteiger charge is 2.41. The van der Waals surface area contributed by atoms with Crippen LogP contribution in [0.2, 0.25) is 10.0 Å². The SMILES string of the molecule is CC(=O)OCCC1(C)CN(C(=O)Nc2ccc(Cl)cc2)N=C1c1ccc(Cl)cc1. The number of nitrogens with one attached hydrogen (secondary N) is 1. The molecule has 1 aliphatic heterocycles. The minimum atomic E-state index is -0.486. The highest BCUT2D eigenvalue weighted by Crippen LogP contribution is 2.35. The van der Waals surface area contributed by atoms with Crippen LogP contribution < -0.4 is 5.32 Å². The second kappa shape index (κ2) is 8.84. The molecule has 1 heterocycles. The second-order valence-corrected chi connectivity index (χ2v) is 7.97. The zero-order valence-electron chi connectivity index (χ0n) is 16.1. The summed E-state index contributed by atoms with van der Waals surface area (Å²) in [5.74, 6) is -0.339. The van der Waals surface area contributed by atoms with Crippen molar-refractivity contribution >= 4 is 46.6 Å².